The number of nitrogens with zero attached hydrogens (tertiary/aromatic N) is 1. The van der Waals surface area contributed by atoms with Crippen LogP contribution in [-0.4, -0.2) is 52.5 Å². The Balaban J connectivity index is 1.99. The Morgan fingerprint density at radius 2 is 1.72 bits per heavy atom. The lowest BCUT2D eigenvalue weighted by molar-refractivity contribution is -0.115. The quantitative estimate of drug-likeness (QED) is 0.625. The predicted molar refractivity (Wildman–Crippen MR) is 107 cm³/mol. The molecule has 0 radical (unpaired) electrons. The van der Waals surface area contributed by atoms with Gasteiger partial charge in [0.1, 0.15) is 5.75 Å². The van der Waals surface area contributed by atoms with E-state index in [0.717, 1.165) is 5.56 Å². The van der Waals surface area contributed by atoms with Crippen molar-refractivity contribution in [3.05, 3.63) is 53.6 Å². The van der Waals surface area contributed by atoms with Crippen LogP contribution in [0.25, 0.3) is 0 Å². The SMILES string of the molecule is COc1ccc(C)cc1NC(=O)CNC(=O)c1ccc(S(=O)(=O)N(C)OC)cc1. The average molecular weight is 421 g/mol. The highest BCUT2D eigenvalue weighted by Crippen LogP contribution is 2.25. The van der Waals surface area contributed by atoms with Crippen LogP contribution in [0, 0.1) is 6.92 Å². The van der Waals surface area contributed by atoms with Crippen molar-refractivity contribution in [3.8, 4) is 5.75 Å². The van der Waals surface area contributed by atoms with Crippen molar-refractivity contribution >= 4 is 27.5 Å². The van der Waals surface area contributed by atoms with E-state index in [1.165, 1.54) is 45.5 Å². The average Bonchev–Trinajstić information content (AvgIpc) is 2.71. The summed E-state index contributed by atoms with van der Waals surface area (Å²) in [4.78, 5) is 29.0. The molecule has 2 aromatic rings. The summed E-state index contributed by atoms with van der Waals surface area (Å²) in [5.74, 6) is -0.434. The van der Waals surface area contributed by atoms with Crippen LogP contribution in [0.2, 0.25) is 0 Å². The number of nitrogens with one attached hydrogen (secondary N) is 2. The van der Waals surface area contributed by atoms with E-state index < -0.39 is 21.8 Å². The van der Waals surface area contributed by atoms with Gasteiger partial charge in [-0.3, -0.25) is 14.4 Å². The summed E-state index contributed by atoms with van der Waals surface area (Å²) in [5.41, 5.74) is 1.66. The largest absolute Gasteiger partial charge is 0.495 e. The van der Waals surface area contributed by atoms with Gasteiger partial charge in [-0.1, -0.05) is 10.5 Å². The second kappa shape index (κ2) is 9.50. The first-order chi connectivity index (χ1) is 13.7. The smallest absolute Gasteiger partial charge is 0.264 e. The van der Waals surface area contributed by atoms with Crippen LogP contribution in [0.3, 0.4) is 0 Å². The molecule has 0 aliphatic carbocycles. The maximum absolute atomic E-state index is 12.2. The number of ether oxygens (including phenoxy) is 1. The van der Waals surface area contributed by atoms with Crippen LogP contribution in [0.5, 0.6) is 5.75 Å². The minimum absolute atomic E-state index is 0.0253. The number of benzene rings is 2. The van der Waals surface area contributed by atoms with E-state index in [-0.39, 0.29) is 17.0 Å². The van der Waals surface area contributed by atoms with Crippen molar-refractivity contribution in [1.29, 1.82) is 0 Å². The number of hydrogen-bond donors (Lipinski definition) is 2. The molecule has 0 atom stereocenters. The number of hydroxylamine groups is 1. The zero-order valence-corrected chi connectivity index (χ0v) is 17.4. The van der Waals surface area contributed by atoms with E-state index >= 15 is 0 Å². The van der Waals surface area contributed by atoms with Gasteiger partial charge >= 0.3 is 0 Å². The molecule has 0 spiro atoms. The maximum atomic E-state index is 12.2. The van der Waals surface area contributed by atoms with Crippen molar-refractivity contribution in [1.82, 2.24) is 9.79 Å². The standard InChI is InChI=1S/C19H23N3O6S/c1-13-5-10-17(27-3)16(11-13)21-18(23)12-20-19(24)14-6-8-15(9-7-14)29(25,26)22(2)28-4/h5-11H,12H2,1-4H3,(H,20,24)(H,21,23). The first-order valence-electron chi connectivity index (χ1n) is 8.55. The predicted octanol–water partition coefficient (Wildman–Crippen LogP) is 1.55. The highest BCUT2D eigenvalue weighted by Gasteiger charge is 2.21. The van der Waals surface area contributed by atoms with E-state index in [2.05, 4.69) is 10.6 Å². The molecule has 0 aromatic heterocycles. The Hall–Kier alpha value is -2.95. The number of carbonyl (C=O) groups is 2. The zero-order chi connectivity index (χ0) is 21.6. The molecular formula is C19H23N3O6S. The van der Waals surface area contributed by atoms with Gasteiger partial charge in [-0.25, -0.2) is 8.42 Å². The number of aryl methyl sites for hydroxylation is 1. The van der Waals surface area contributed by atoms with Crippen LogP contribution in [0.1, 0.15) is 15.9 Å². The molecule has 10 heteroatoms. The number of sulfonamides is 1. The lowest BCUT2D eigenvalue weighted by atomic mass is 10.2. The Morgan fingerprint density at radius 3 is 2.31 bits per heavy atom. The third kappa shape index (κ3) is 5.53. The van der Waals surface area contributed by atoms with Crippen LogP contribution in [0.15, 0.2) is 47.4 Å². The summed E-state index contributed by atoms with van der Waals surface area (Å²) in [7, 11) is 0.192. The van der Waals surface area contributed by atoms with Crippen LogP contribution in [-0.2, 0) is 19.7 Å². The van der Waals surface area contributed by atoms with E-state index in [4.69, 9.17) is 9.57 Å². The molecule has 156 valence electrons. The monoisotopic (exact) mass is 421 g/mol. The van der Waals surface area contributed by atoms with Crippen molar-refractivity contribution in [2.45, 2.75) is 11.8 Å². The lowest BCUT2D eigenvalue weighted by Crippen LogP contribution is -2.33. The van der Waals surface area contributed by atoms with Crippen LogP contribution >= 0.6 is 0 Å². The summed E-state index contributed by atoms with van der Waals surface area (Å²) in [6.45, 7) is 1.62. The van der Waals surface area contributed by atoms with Gasteiger partial charge in [0.15, 0.2) is 0 Å². The minimum Gasteiger partial charge on any atom is -0.495 e. The molecule has 0 heterocycles. The van der Waals surface area contributed by atoms with Crippen molar-refractivity contribution in [2.24, 2.45) is 0 Å². The van der Waals surface area contributed by atoms with Gasteiger partial charge in [0.05, 0.1) is 31.3 Å². The molecule has 0 aliphatic heterocycles. The molecule has 0 saturated heterocycles. The maximum Gasteiger partial charge on any atom is 0.264 e. The molecule has 2 aromatic carbocycles. The van der Waals surface area contributed by atoms with Crippen LogP contribution in [0.4, 0.5) is 5.69 Å². The van der Waals surface area contributed by atoms with Gasteiger partial charge in [0.2, 0.25) is 5.91 Å². The molecule has 9 nitrogen and oxygen atoms in total. The molecule has 0 bridgehead atoms. The summed E-state index contributed by atoms with van der Waals surface area (Å²) in [5, 5.41) is 5.17. The fraction of sp³-hybridized carbons (Fsp3) is 0.263. The van der Waals surface area contributed by atoms with Crippen molar-refractivity contribution < 1.29 is 27.6 Å². The molecular weight excluding hydrogens is 398 g/mol. The first kappa shape index (κ1) is 22.3. The third-order valence-electron chi connectivity index (χ3n) is 4.05. The summed E-state index contributed by atoms with van der Waals surface area (Å²) in [6.07, 6.45) is 0. The Morgan fingerprint density at radius 1 is 1.07 bits per heavy atom. The Kier molecular flexibility index (Phi) is 7.32. The number of anilines is 1. The molecule has 29 heavy (non-hydrogen) atoms. The van der Waals surface area contributed by atoms with Crippen molar-refractivity contribution in [3.63, 3.8) is 0 Å². The lowest BCUT2D eigenvalue weighted by Gasteiger charge is -2.14. The highest BCUT2D eigenvalue weighted by atomic mass is 32.2. The second-order valence-electron chi connectivity index (χ2n) is 6.06. The molecule has 2 amide bonds. The minimum atomic E-state index is -3.80. The van der Waals surface area contributed by atoms with Gasteiger partial charge in [-0.2, -0.15) is 0 Å². The topological polar surface area (TPSA) is 114 Å². The van der Waals surface area contributed by atoms with Crippen LogP contribution < -0.4 is 15.4 Å². The number of hydrogen-bond acceptors (Lipinski definition) is 6. The first-order valence-corrected chi connectivity index (χ1v) is 9.99. The number of amides is 2. The molecule has 0 unspecified atom stereocenters. The molecule has 0 fully saturated rings. The van der Waals surface area contributed by atoms with E-state index in [0.29, 0.717) is 15.9 Å². The summed E-state index contributed by atoms with van der Waals surface area (Å²) < 4.78 is 30.2. The highest BCUT2D eigenvalue weighted by molar-refractivity contribution is 7.89. The Labute approximate surface area is 169 Å². The summed E-state index contributed by atoms with van der Waals surface area (Å²) >= 11 is 0. The van der Waals surface area contributed by atoms with Gasteiger partial charge in [-0.05, 0) is 48.9 Å². The molecule has 0 saturated carbocycles. The molecule has 2 rings (SSSR count). The van der Waals surface area contributed by atoms with E-state index in [9.17, 15) is 18.0 Å². The van der Waals surface area contributed by atoms with Gasteiger partial charge in [-0.15, -0.1) is 0 Å². The second-order valence-corrected chi connectivity index (χ2v) is 7.99. The fourth-order valence-corrected chi connectivity index (χ4v) is 3.37. The van der Waals surface area contributed by atoms with Gasteiger partial charge < -0.3 is 15.4 Å². The van der Waals surface area contributed by atoms with Gasteiger partial charge in [0, 0.05) is 12.6 Å². The summed E-state index contributed by atoms with van der Waals surface area (Å²) in [6, 6.07) is 10.6. The zero-order valence-electron chi connectivity index (χ0n) is 16.6. The molecule has 0 aliphatic rings. The normalized spacial score (nSPS) is 11.2. The van der Waals surface area contributed by atoms with Crippen molar-refractivity contribution in [2.75, 3.05) is 33.1 Å². The third-order valence-corrected chi connectivity index (χ3v) is 5.74. The van der Waals surface area contributed by atoms with Gasteiger partial charge in [0.25, 0.3) is 15.9 Å². The number of carbonyl (C=O) groups excluding carboxylic acids is 2. The number of methoxy groups -OCH3 is 1. The Bertz CT molecular complexity index is 990. The van der Waals surface area contributed by atoms with E-state index in [1.54, 1.807) is 12.1 Å². The fourth-order valence-electron chi connectivity index (χ4n) is 2.40. The molecule has 2 N–H and O–H groups in total. The van der Waals surface area contributed by atoms with E-state index in [1.807, 2.05) is 13.0 Å². The number of rotatable bonds is 8.